The number of hydrogen-bond donors (Lipinski definition) is 1. The molecule has 1 fully saturated rings. The standard InChI is InChI=1S/C31H25N3OS/c35-30(28(26-17-9-3-10-18-26)23-25-15-7-2-8-16-25)34-29(22-21-24-13-5-1-6-14-24)36-31(33-34)32-27-19-11-4-12-20-27/h1-23,29H,(H,32,33)/b22-21+,28-23+. The molecule has 0 aromatic heterocycles. The lowest BCUT2D eigenvalue weighted by Crippen LogP contribution is -2.43. The predicted molar refractivity (Wildman–Crippen MR) is 151 cm³/mol. The fraction of sp³-hybridized carbons (Fsp3) is 0.0323. The minimum atomic E-state index is -0.275. The molecule has 1 unspecified atom stereocenters. The highest BCUT2D eigenvalue weighted by Gasteiger charge is 2.34. The number of para-hydroxylation sites is 1. The average Bonchev–Trinajstić information content (AvgIpc) is 3.35. The van der Waals surface area contributed by atoms with Crippen molar-refractivity contribution >= 4 is 46.2 Å². The lowest BCUT2D eigenvalue weighted by molar-refractivity contribution is -0.126. The zero-order chi connectivity index (χ0) is 24.6. The SMILES string of the molecule is O=C(/C(=C/c1ccccc1)c1ccccc1)N1NC(=Nc2ccccc2)SC1/C=C/c1ccccc1. The summed E-state index contributed by atoms with van der Waals surface area (Å²) in [6.45, 7) is 0. The van der Waals surface area contributed by atoms with Crippen molar-refractivity contribution in [1.82, 2.24) is 10.4 Å². The van der Waals surface area contributed by atoms with E-state index in [0.29, 0.717) is 10.7 Å². The topological polar surface area (TPSA) is 44.7 Å². The summed E-state index contributed by atoms with van der Waals surface area (Å²) in [6.07, 6.45) is 6.01. The summed E-state index contributed by atoms with van der Waals surface area (Å²) in [5.74, 6) is -0.126. The van der Waals surface area contributed by atoms with Crippen molar-refractivity contribution in [3.63, 3.8) is 0 Å². The van der Waals surface area contributed by atoms with E-state index in [1.165, 1.54) is 11.8 Å². The third-order valence-corrected chi connectivity index (χ3v) is 6.60. The van der Waals surface area contributed by atoms with Crippen LogP contribution in [0.1, 0.15) is 16.7 Å². The van der Waals surface area contributed by atoms with Gasteiger partial charge in [0.25, 0.3) is 5.91 Å². The molecule has 36 heavy (non-hydrogen) atoms. The molecule has 1 atom stereocenters. The summed E-state index contributed by atoms with van der Waals surface area (Å²) < 4.78 is 0. The van der Waals surface area contributed by atoms with Gasteiger partial charge in [0, 0.05) is 5.57 Å². The van der Waals surface area contributed by atoms with Crippen LogP contribution in [0.4, 0.5) is 5.69 Å². The summed E-state index contributed by atoms with van der Waals surface area (Å²) in [5.41, 5.74) is 7.60. The van der Waals surface area contributed by atoms with Crippen LogP contribution in [0.5, 0.6) is 0 Å². The highest BCUT2D eigenvalue weighted by Crippen LogP contribution is 2.31. The Hall–Kier alpha value is -4.35. The van der Waals surface area contributed by atoms with Gasteiger partial charge in [-0.3, -0.25) is 10.2 Å². The van der Waals surface area contributed by atoms with Crippen molar-refractivity contribution < 1.29 is 4.79 Å². The van der Waals surface area contributed by atoms with Gasteiger partial charge in [0.05, 0.1) is 5.69 Å². The van der Waals surface area contributed by atoms with Crippen molar-refractivity contribution in [2.24, 2.45) is 4.99 Å². The fourth-order valence-corrected chi connectivity index (χ4v) is 4.76. The summed E-state index contributed by atoms with van der Waals surface area (Å²) in [6, 6.07) is 39.5. The maximum absolute atomic E-state index is 14.1. The Kier molecular flexibility index (Phi) is 7.40. The Balaban J connectivity index is 1.51. The van der Waals surface area contributed by atoms with E-state index in [9.17, 15) is 4.79 Å². The van der Waals surface area contributed by atoms with Gasteiger partial charge in [-0.1, -0.05) is 127 Å². The summed E-state index contributed by atoms with van der Waals surface area (Å²) in [7, 11) is 0. The number of carbonyl (C=O) groups excluding carboxylic acids is 1. The lowest BCUT2D eigenvalue weighted by Gasteiger charge is -2.22. The van der Waals surface area contributed by atoms with Gasteiger partial charge in [-0.25, -0.2) is 10.0 Å². The maximum atomic E-state index is 14.1. The molecule has 1 aliphatic rings. The van der Waals surface area contributed by atoms with Crippen molar-refractivity contribution in [3.05, 3.63) is 144 Å². The van der Waals surface area contributed by atoms with Gasteiger partial charge in [-0.2, -0.15) is 0 Å². The quantitative estimate of drug-likeness (QED) is 0.234. The van der Waals surface area contributed by atoms with Crippen LogP contribution in [0.2, 0.25) is 0 Å². The van der Waals surface area contributed by atoms with Crippen molar-refractivity contribution in [2.75, 3.05) is 0 Å². The number of amides is 1. The number of hydrazine groups is 1. The number of thioether (sulfide) groups is 1. The number of amidine groups is 1. The van der Waals surface area contributed by atoms with Crippen LogP contribution in [-0.2, 0) is 4.79 Å². The third-order valence-electron chi connectivity index (χ3n) is 5.59. The number of aliphatic imine (C=N–C) groups is 1. The normalized spacial score (nSPS) is 16.9. The van der Waals surface area contributed by atoms with Gasteiger partial charge in [-0.05, 0) is 41.0 Å². The second kappa shape index (κ2) is 11.4. The van der Waals surface area contributed by atoms with Crippen LogP contribution >= 0.6 is 11.8 Å². The van der Waals surface area contributed by atoms with E-state index in [2.05, 4.69) is 5.43 Å². The minimum absolute atomic E-state index is 0.126. The molecule has 176 valence electrons. The molecule has 1 aliphatic heterocycles. The first-order chi connectivity index (χ1) is 17.8. The van der Waals surface area contributed by atoms with Gasteiger partial charge < -0.3 is 0 Å². The van der Waals surface area contributed by atoms with Crippen molar-refractivity contribution in [3.8, 4) is 0 Å². The van der Waals surface area contributed by atoms with Crippen LogP contribution in [0.25, 0.3) is 17.7 Å². The van der Waals surface area contributed by atoms with Crippen LogP contribution in [0.15, 0.2) is 132 Å². The predicted octanol–water partition coefficient (Wildman–Crippen LogP) is 7.03. The third kappa shape index (κ3) is 5.82. The Morgan fingerprint density at radius 1 is 0.750 bits per heavy atom. The second-order valence-corrected chi connectivity index (χ2v) is 9.26. The molecular formula is C31H25N3OS. The number of hydrogen-bond acceptors (Lipinski definition) is 3. The van der Waals surface area contributed by atoms with Gasteiger partial charge in [0.1, 0.15) is 5.37 Å². The zero-order valence-electron chi connectivity index (χ0n) is 19.6. The van der Waals surface area contributed by atoms with E-state index in [1.807, 2.05) is 140 Å². The molecule has 0 radical (unpaired) electrons. The molecule has 0 aliphatic carbocycles. The van der Waals surface area contributed by atoms with Crippen LogP contribution in [-0.4, -0.2) is 21.5 Å². The molecular weight excluding hydrogens is 462 g/mol. The lowest BCUT2D eigenvalue weighted by atomic mass is 10.0. The molecule has 1 amide bonds. The number of nitrogens with one attached hydrogen (secondary N) is 1. The van der Waals surface area contributed by atoms with Crippen molar-refractivity contribution in [2.45, 2.75) is 5.37 Å². The number of carbonyl (C=O) groups is 1. The first-order valence-electron chi connectivity index (χ1n) is 11.7. The van der Waals surface area contributed by atoms with E-state index >= 15 is 0 Å². The van der Waals surface area contributed by atoms with Crippen molar-refractivity contribution in [1.29, 1.82) is 0 Å². The van der Waals surface area contributed by atoms with Crippen LogP contribution < -0.4 is 5.43 Å². The van der Waals surface area contributed by atoms with Gasteiger partial charge in [0.2, 0.25) is 0 Å². The largest absolute Gasteiger partial charge is 0.274 e. The molecule has 1 heterocycles. The van der Waals surface area contributed by atoms with E-state index in [-0.39, 0.29) is 11.3 Å². The first-order valence-corrected chi connectivity index (χ1v) is 12.6. The molecule has 5 rings (SSSR count). The summed E-state index contributed by atoms with van der Waals surface area (Å²) >= 11 is 1.51. The van der Waals surface area contributed by atoms with E-state index < -0.39 is 0 Å². The summed E-state index contributed by atoms with van der Waals surface area (Å²) in [4.78, 5) is 18.8. The molecule has 1 saturated heterocycles. The first kappa shape index (κ1) is 23.4. The zero-order valence-corrected chi connectivity index (χ0v) is 20.4. The maximum Gasteiger partial charge on any atom is 0.274 e. The number of benzene rings is 4. The Bertz CT molecular complexity index is 1390. The molecule has 1 N–H and O–H groups in total. The number of rotatable bonds is 6. The minimum Gasteiger partial charge on any atom is -0.272 e. The van der Waals surface area contributed by atoms with Gasteiger partial charge in [-0.15, -0.1) is 0 Å². The van der Waals surface area contributed by atoms with Gasteiger partial charge in [0.15, 0.2) is 5.17 Å². The Morgan fingerprint density at radius 3 is 1.94 bits per heavy atom. The molecule has 4 aromatic carbocycles. The summed E-state index contributed by atoms with van der Waals surface area (Å²) in [5, 5.41) is 2.06. The second-order valence-electron chi connectivity index (χ2n) is 8.15. The monoisotopic (exact) mass is 487 g/mol. The van der Waals surface area contributed by atoms with Gasteiger partial charge >= 0.3 is 0 Å². The molecule has 4 aromatic rings. The average molecular weight is 488 g/mol. The molecule has 5 heteroatoms. The smallest absolute Gasteiger partial charge is 0.272 e. The fourth-order valence-electron chi connectivity index (χ4n) is 3.81. The van der Waals surface area contributed by atoms with Crippen LogP contribution in [0.3, 0.4) is 0 Å². The highest BCUT2D eigenvalue weighted by atomic mass is 32.2. The number of nitrogens with zero attached hydrogens (tertiary/aromatic N) is 2. The molecule has 0 bridgehead atoms. The van der Waals surface area contributed by atoms with E-state index in [1.54, 1.807) is 5.01 Å². The highest BCUT2D eigenvalue weighted by molar-refractivity contribution is 8.14. The van der Waals surface area contributed by atoms with Crippen LogP contribution in [0, 0.1) is 0 Å². The Morgan fingerprint density at radius 2 is 1.31 bits per heavy atom. The molecule has 0 saturated carbocycles. The molecule has 0 spiro atoms. The molecule has 4 nitrogen and oxygen atoms in total. The van der Waals surface area contributed by atoms with E-state index in [0.717, 1.165) is 22.4 Å². The van der Waals surface area contributed by atoms with E-state index in [4.69, 9.17) is 4.99 Å². The Labute approximate surface area is 215 Å².